The van der Waals surface area contributed by atoms with Crippen molar-refractivity contribution in [1.82, 2.24) is 9.21 Å². The predicted octanol–water partition coefficient (Wildman–Crippen LogP) is 2.34. The standard InChI is InChI=1S/C23H32N2O4S/c1-24(2)17-21-18-25(30(27,28)15-12-19-8-5-4-6-9-19)14-13-23(21,26)20-10-7-11-22(16-20)29-3/h4-11,16,21,26H,12-15,17-18H2,1-3H3/i3D3. The Bertz CT molecular complexity index is 1030. The molecule has 6 nitrogen and oxygen atoms in total. The molecule has 0 amide bonds. The van der Waals surface area contributed by atoms with Gasteiger partial charge < -0.3 is 14.7 Å². The van der Waals surface area contributed by atoms with Gasteiger partial charge in [-0.05, 0) is 50.2 Å². The lowest BCUT2D eigenvalue weighted by Gasteiger charge is -2.45. The van der Waals surface area contributed by atoms with E-state index in [-0.39, 0.29) is 31.0 Å². The molecule has 0 radical (unpaired) electrons. The van der Waals surface area contributed by atoms with Crippen LogP contribution in [0.3, 0.4) is 0 Å². The highest BCUT2D eigenvalue weighted by Crippen LogP contribution is 2.39. The summed E-state index contributed by atoms with van der Waals surface area (Å²) in [5.74, 6) is -0.260. The van der Waals surface area contributed by atoms with Crippen molar-refractivity contribution in [2.75, 3.05) is 46.5 Å². The zero-order valence-corrected chi connectivity index (χ0v) is 18.3. The SMILES string of the molecule is [2H]C([2H])([2H])Oc1cccc(C2(O)CCN(S(=O)(=O)CCc3ccccc3)CC2CN(C)C)c1. The Kier molecular flexibility index (Phi) is 5.94. The Balaban J connectivity index is 1.81. The summed E-state index contributed by atoms with van der Waals surface area (Å²) in [4.78, 5) is 1.92. The van der Waals surface area contributed by atoms with Crippen LogP contribution in [0, 0.1) is 5.92 Å². The second-order valence-corrected chi connectivity index (χ2v) is 10.3. The van der Waals surface area contributed by atoms with Crippen molar-refractivity contribution in [3.05, 3.63) is 65.7 Å². The molecule has 2 unspecified atom stereocenters. The van der Waals surface area contributed by atoms with Gasteiger partial charge in [-0.3, -0.25) is 0 Å². The van der Waals surface area contributed by atoms with Gasteiger partial charge in [0.1, 0.15) is 5.75 Å². The molecule has 2 atom stereocenters. The fourth-order valence-electron chi connectivity index (χ4n) is 4.12. The fourth-order valence-corrected chi connectivity index (χ4v) is 5.65. The molecule has 1 saturated heterocycles. The van der Waals surface area contributed by atoms with E-state index in [0.717, 1.165) is 5.56 Å². The lowest BCUT2D eigenvalue weighted by atomic mass is 9.76. The summed E-state index contributed by atoms with van der Waals surface area (Å²) in [5.41, 5.74) is 0.173. The highest BCUT2D eigenvalue weighted by atomic mass is 32.2. The first-order valence-electron chi connectivity index (χ1n) is 11.6. The van der Waals surface area contributed by atoms with Gasteiger partial charge in [-0.2, -0.15) is 0 Å². The molecule has 2 aromatic rings. The van der Waals surface area contributed by atoms with Crippen LogP contribution in [0.2, 0.25) is 0 Å². The van der Waals surface area contributed by atoms with E-state index in [1.807, 2.05) is 49.3 Å². The molecule has 1 aliphatic heterocycles. The van der Waals surface area contributed by atoms with E-state index in [1.54, 1.807) is 12.1 Å². The third-order valence-electron chi connectivity index (χ3n) is 5.76. The maximum absolute atomic E-state index is 13.1. The van der Waals surface area contributed by atoms with Gasteiger partial charge >= 0.3 is 0 Å². The van der Waals surface area contributed by atoms with Gasteiger partial charge in [0.15, 0.2) is 0 Å². The van der Waals surface area contributed by atoms with Crippen LogP contribution in [0.4, 0.5) is 0 Å². The van der Waals surface area contributed by atoms with Crippen LogP contribution in [0.15, 0.2) is 54.6 Å². The highest BCUT2D eigenvalue weighted by molar-refractivity contribution is 7.89. The second kappa shape index (κ2) is 9.47. The number of methoxy groups -OCH3 is 1. The molecule has 164 valence electrons. The molecule has 0 saturated carbocycles. The number of aliphatic hydroxyl groups is 1. The Morgan fingerprint density at radius 2 is 2.00 bits per heavy atom. The Hall–Kier alpha value is -1.93. The van der Waals surface area contributed by atoms with Gasteiger partial charge in [-0.15, -0.1) is 0 Å². The number of sulfonamides is 1. The van der Waals surface area contributed by atoms with E-state index >= 15 is 0 Å². The summed E-state index contributed by atoms with van der Waals surface area (Å²) in [5, 5.41) is 11.7. The molecule has 3 rings (SSSR count). The maximum atomic E-state index is 13.1. The summed E-state index contributed by atoms with van der Waals surface area (Å²) < 4.78 is 54.7. The average Bonchev–Trinajstić information content (AvgIpc) is 2.73. The zero-order chi connectivity index (χ0) is 24.3. The van der Waals surface area contributed by atoms with E-state index < -0.39 is 28.6 Å². The lowest BCUT2D eigenvalue weighted by molar-refractivity contribution is -0.0698. The molecular formula is C23H32N2O4S. The minimum absolute atomic E-state index is 0.00599. The van der Waals surface area contributed by atoms with Crippen LogP contribution in [-0.2, 0) is 22.0 Å². The van der Waals surface area contributed by atoms with Crippen LogP contribution in [-0.4, -0.2) is 69.2 Å². The smallest absolute Gasteiger partial charge is 0.214 e. The topological polar surface area (TPSA) is 70.1 Å². The zero-order valence-electron chi connectivity index (χ0n) is 20.5. The van der Waals surface area contributed by atoms with E-state index in [4.69, 9.17) is 8.85 Å². The molecule has 1 fully saturated rings. The van der Waals surface area contributed by atoms with E-state index in [2.05, 4.69) is 0 Å². The number of nitrogens with zero attached hydrogens (tertiary/aromatic N) is 2. The van der Waals surface area contributed by atoms with Crippen molar-refractivity contribution in [3.63, 3.8) is 0 Å². The highest BCUT2D eigenvalue weighted by Gasteiger charge is 2.45. The van der Waals surface area contributed by atoms with Gasteiger partial charge in [-0.1, -0.05) is 42.5 Å². The molecular weight excluding hydrogens is 400 g/mol. The van der Waals surface area contributed by atoms with E-state index in [9.17, 15) is 13.5 Å². The van der Waals surface area contributed by atoms with Crippen molar-refractivity contribution in [2.45, 2.75) is 18.4 Å². The summed E-state index contributed by atoms with van der Waals surface area (Å²) in [6.45, 7) is 0.823. The first kappa shape index (κ1) is 18.8. The van der Waals surface area contributed by atoms with Crippen LogP contribution in [0.25, 0.3) is 0 Å². The Labute approximate surface area is 184 Å². The van der Waals surface area contributed by atoms with Gasteiger partial charge in [0.2, 0.25) is 10.0 Å². The minimum atomic E-state index is -3.51. The summed E-state index contributed by atoms with van der Waals surface area (Å²) in [6.07, 6.45) is 0.629. The van der Waals surface area contributed by atoms with E-state index in [0.29, 0.717) is 18.5 Å². The van der Waals surface area contributed by atoms with Crippen LogP contribution in [0.5, 0.6) is 5.75 Å². The molecule has 1 aliphatic rings. The largest absolute Gasteiger partial charge is 0.497 e. The maximum Gasteiger partial charge on any atom is 0.214 e. The van der Waals surface area contributed by atoms with Crippen molar-refractivity contribution in [1.29, 1.82) is 0 Å². The molecule has 30 heavy (non-hydrogen) atoms. The third kappa shape index (κ3) is 5.21. The number of ether oxygens (including phenoxy) is 1. The Morgan fingerprint density at radius 3 is 2.70 bits per heavy atom. The molecule has 1 N–H and O–H groups in total. The third-order valence-corrected chi connectivity index (χ3v) is 7.60. The number of aryl methyl sites for hydroxylation is 1. The first-order chi connectivity index (χ1) is 15.4. The van der Waals surface area contributed by atoms with Crippen LogP contribution in [0.1, 0.15) is 21.7 Å². The van der Waals surface area contributed by atoms with Gasteiger partial charge in [-0.25, -0.2) is 12.7 Å². The van der Waals surface area contributed by atoms with Crippen molar-refractivity contribution >= 4 is 10.0 Å². The van der Waals surface area contributed by atoms with Gasteiger partial charge in [0, 0.05) is 25.6 Å². The normalized spacial score (nSPS) is 24.8. The fraction of sp³-hybridized carbons (Fsp3) is 0.478. The second-order valence-electron chi connectivity index (χ2n) is 8.17. The van der Waals surface area contributed by atoms with Crippen LogP contribution >= 0.6 is 0 Å². The van der Waals surface area contributed by atoms with Crippen molar-refractivity contribution in [3.8, 4) is 5.75 Å². The quantitative estimate of drug-likeness (QED) is 0.689. The predicted molar refractivity (Wildman–Crippen MR) is 119 cm³/mol. The molecule has 0 spiro atoms. The monoisotopic (exact) mass is 435 g/mol. The summed E-state index contributed by atoms with van der Waals surface area (Å²) >= 11 is 0. The van der Waals surface area contributed by atoms with Crippen molar-refractivity contribution < 1.29 is 22.4 Å². The molecule has 7 heteroatoms. The molecule has 0 aromatic heterocycles. The minimum Gasteiger partial charge on any atom is -0.497 e. The van der Waals surface area contributed by atoms with Crippen molar-refractivity contribution in [2.24, 2.45) is 5.92 Å². The van der Waals surface area contributed by atoms with Gasteiger partial charge in [0.05, 0.1) is 22.5 Å². The number of hydrogen-bond acceptors (Lipinski definition) is 5. The molecule has 2 aromatic carbocycles. The summed E-state index contributed by atoms with van der Waals surface area (Å²) in [6, 6.07) is 15.9. The first-order valence-corrected chi connectivity index (χ1v) is 11.7. The van der Waals surface area contributed by atoms with Crippen LogP contribution < -0.4 is 4.74 Å². The number of piperidine rings is 1. The number of rotatable bonds is 8. The Morgan fingerprint density at radius 1 is 1.23 bits per heavy atom. The number of hydrogen-bond donors (Lipinski definition) is 1. The molecule has 0 aliphatic carbocycles. The molecule has 0 bridgehead atoms. The number of benzene rings is 2. The average molecular weight is 436 g/mol. The molecule has 1 heterocycles. The summed E-state index contributed by atoms with van der Waals surface area (Å²) in [7, 11) is -2.36. The lowest BCUT2D eigenvalue weighted by Crippen LogP contribution is -2.54. The van der Waals surface area contributed by atoms with E-state index in [1.165, 1.54) is 16.4 Å². The van der Waals surface area contributed by atoms with Gasteiger partial charge in [0.25, 0.3) is 0 Å².